The molecule has 0 atom stereocenters. The summed E-state index contributed by atoms with van der Waals surface area (Å²) in [7, 11) is 0. The van der Waals surface area contributed by atoms with Crippen LogP contribution in [-0.4, -0.2) is 11.0 Å². The second-order valence-electron chi connectivity index (χ2n) is 4.46. The number of benzene rings is 1. The Morgan fingerprint density at radius 2 is 2.16 bits per heavy atom. The summed E-state index contributed by atoms with van der Waals surface area (Å²) in [6.45, 7) is 0.187. The first-order chi connectivity index (χ1) is 9.11. The molecule has 0 radical (unpaired) electrons. The fourth-order valence-electron chi connectivity index (χ4n) is 2.11. The zero-order chi connectivity index (χ0) is 13.6. The molecule has 1 aromatic heterocycles. The molecule has 0 bridgehead atoms. The fraction of sp³-hybridized carbons (Fsp3) is 0.231. The zero-order valence-electron chi connectivity index (χ0n) is 9.73. The molecule has 4 nitrogen and oxygen atoms in total. The van der Waals surface area contributed by atoms with Crippen molar-refractivity contribution in [3.63, 3.8) is 0 Å². The summed E-state index contributed by atoms with van der Waals surface area (Å²) < 4.78 is 20.0. The standard InChI is InChI=1S/C13H9ClFNO3/c14-9-4-11-8(3-10(9)15)13(18)12(19-6-17)5-16(11)7-1-2-7/h3-7H,1-2H2. The van der Waals surface area contributed by atoms with Crippen LogP contribution in [0.4, 0.5) is 4.39 Å². The number of rotatable bonds is 3. The second-order valence-corrected chi connectivity index (χ2v) is 4.87. The summed E-state index contributed by atoms with van der Waals surface area (Å²) in [5.41, 5.74) is 0.0340. The molecular weight excluding hydrogens is 273 g/mol. The van der Waals surface area contributed by atoms with E-state index in [0.717, 1.165) is 18.9 Å². The molecule has 1 aliphatic rings. The van der Waals surface area contributed by atoms with Crippen molar-refractivity contribution in [2.45, 2.75) is 18.9 Å². The van der Waals surface area contributed by atoms with Crippen LogP contribution in [0.3, 0.4) is 0 Å². The lowest BCUT2D eigenvalue weighted by molar-refractivity contribution is -0.120. The quantitative estimate of drug-likeness (QED) is 0.813. The molecule has 0 N–H and O–H groups in total. The Labute approximate surface area is 112 Å². The minimum absolute atomic E-state index is 0.0367. The van der Waals surface area contributed by atoms with E-state index in [0.29, 0.717) is 5.52 Å². The predicted molar refractivity (Wildman–Crippen MR) is 68.1 cm³/mol. The van der Waals surface area contributed by atoms with Crippen molar-refractivity contribution in [1.82, 2.24) is 4.57 Å². The lowest BCUT2D eigenvalue weighted by Gasteiger charge is -2.12. The third kappa shape index (κ3) is 2.00. The van der Waals surface area contributed by atoms with Gasteiger partial charge in [0.1, 0.15) is 5.82 Å². The molecule has 1 saturated carbocycles. The van der Waals surface area contributed by atoms with Gasteiger partial charge in [-0.05, 0) is 25.0 Å². The van der Waals surface area contributed by atoms with Gasteiger partial charge in [0.25, 0.3) is 6.47 Å². The minimum Gasteiger partial charge on any atom is -0.423 e. The van der Waals surface area contributed by atoms with E-state index in [2.05, 4.69) is 4.74 Å². The predicted octanol–water partition coefficient (Wildman–Crippen LogP) is 2.66. The molecule has 0 unspecified atom stereocenters. The van der Waals surface area contributed by atoms with Crippen LogP contribution in [0, 0.1) is 5.82 Å². The minimum atomic E-state index is -0.670. The third-order valence-corrected chi connectivity index (χ3v) is 3.45. The first kappa shape index (κ1) is 12.2. The molecule has 0 aliphatic heterocycles. The molecule has 1 aromatic carbocycles. The van der Waals surface area contributed by atoms with Crippen LogP contribution >= 0.6 is 11.6 Å². The lowest BCUT2D eigenvalue weighted by Crippen LogP contribution is -2.12. The van der Waals surface area contributed by atoms with Crippen LogP contribution in [-0.2, 0) is 4.79 Å². The molecule has 98 valence electrons. The van der Waals surface area contributed by atoms with Crippen molar-refractivity contribution in [3.8, 4) is 5.75 Å². The maximum absolute atomic E-state index is 13.5. The molecule has 0 amide bonds. The van der Waals surface area contributed by atoms with E-state index in [9.17, 15) is 14.0 Å². The number of pyridine rings is 1. The average Bonchev–Trinajstić information content (AvgIpc) is 3.20. The van der Waals surface area contributed by atoms with Crippen LogP contribution in [0.25, 0.3) is 10.9 Å². The van der Waals surface area contributed by atoms with Gasteiger partial charge in [-0.2, -0.15) is 0 Å². The topological polar surface area (TPSA) is 48.3 Å². The SMILES string of the molecule is O=COc1cn(C2CC2)c2cc(Cl)c(F)cc2c1=O. The summed E-state index contributed by atoms with van der Waals surface area (Å²) in [4.78, 5) is 22.5. The van der Waals surface area contributed by atoms with Crippen molar-refractivity contribution in [2.24, 2.45) is 0 Å². The van der Waals surface area contributed by atoms with Crippen molar-refractivity contribution < 1.29 is 13.9 Å². The molecule has 0 saturated heterocycles. The first-order valence-corrected chi connectivity index (χ1v) is 6.14. The van der Waals surface area contributed by atoms with Crippen LogP contribution in [0.2, 0.25) is 5.02 Å². The molecule has 1 fully saturated rings. The molecule has 19 heavy (non-hydrogen) atoms. The first-order valence-electron chi connectivity index (χ1n) is 5.76. The molecule has 6 heteroatoms. The number of fused-ring (bicyclic) bond motifs is 1. The highest BCUT2D eigenvalue weighted by Crippen LogP contribution is 2.38. The molecule has 0 spiro atoms. The number of halogens is 2. The monoisotopic (exact) mass is 281 g/mol. The Balaban J connectivity index is 2.38. The van der Waals surface area contributed by atoms with E-state index < -0.39 is 11.2 Å². The Kier molecular flexibility index (Phi) is 2.78. The summed E-state index contributed by atoms with van der Waals surface area (Å²) in [5.74, 6) is -0.770. The van der Waals surface area contributed by atoms with Crippen molar-refractivity contribution in [1.29, 1.82) is 0 Å². The van der Waals surface area contributed by atoms with Crippen molar-refractivity contribution in [3.05, 3.63) is 39.4 Å². The summed E-state index contributed by atoms with van der Waals surface area (Å²) in [5, 5.41) is 0.124. The van der Waals surface area contributed by atoms with Gasteiger partial charge in [0.15, 0.2) is 5.75 Å². The van der Waals surface area contributed by atoms with Gasteiger partial charge < -0.3 is 9.30 Å². The van der Waals surface area contributed by atoms with Gasteiger partial charge in [-0.3, -0.25) is 9.59 Å². The number of hydrogen-bond donors (Lipinski definition) is 0. The Morgan fingerprint density at radius 1 is 1.42 bits per heavy atom. The normalized spacial score (nSPS) is 14.6. The lowest BCUT2D eigenvalue weighted by atomic mass is 10.2. The largest absolute Gasteiger partial charge is 0.423 e. The molecular formula is C13H9ClFNO3. The second kappa shape index (κ2) is 4.35. The van der Waals surface area contributed by atoms with E-state index in [4.69, 9.17) is 11.6 Å². The van der Waals surface area contributed by atoms with E-state index in [1.165, 1.54) is 12.3 Å². The Hall–Kier alpha value is -1.88. The number of ether oxygens (including phenoxy) is 1. The van der Waals surface area contributed by atoms with Gasteiger partial charge in [0, 0.05) is 6.04 Å². The van der Waals surface area contributed by atoms with Gasteiger partial charge in [0.2, 0.25) is 5.43 Å². The van der Waals surface area contributed by atoms with Gasteiger partial charge in [-0.25, -0.2) is 4.39 Å². The van der Waals surface area contributed by atoms with E-state index in [1.54, 1.807) is 4.57 Å². The van der Waals surface area contributed by atoms with Crippen molar-refractivity contribution in [2.75, 3.05) is 0 Å². The number of aromatic nitrogens is 1. The van der Waals surface area contributed by atoms with Gasteiger partial charge >= 0.3 is 0 Å². The Bertz CT molecular complexity index is 737. The molecule has 1 heterocycles. The van der Waals surface area contributed by atoms with Gasteiger partial charge in [-0.1, -0.05) is 11.6 Å². The maximum atomic E-state index is 13.5. The Morgan fingerprint density at radius 3 is 2.79 bits per heavy atom. The van der Waals surface area contributed by atoms with E-state index in [1.807, 2.05) is 0 Å². The van der Waals surface area contributed by atoms with Gasteiger partial charge in [0.05, 0.1) is 22.1 Å². The highest BCUT2D eigenvalue weighted by Gasteiger charge is 2.26. The van der Waals surface area contributed by atoms with Crippen LogP contribution < -0.4 is 10.2 Å². The molecule has 3 rings (SSSR count). The van der Waals surface area contributed by atoms with Gasteiger partial charge in [-0.15, -0.1) is 0 Å². The van der Waals surface area contributed by atoms with E-state index in [-0.39, 0.29) is 28.7 Å². The highest BCUT2D eigenvalue weighted by molar-refractivity contribution is 6.31. The smallest absolute Gasteiger partial charge is 0.298 e. The number of nitrogens with zero attached hydrogens (tertiary/aromatic N) is 1. The average molecular weight is 282 g/mol. The maximum Gasteiger partial charge on any atom is 0.298 e. The number of hydrogen-bond acceptors (Lipinski definition) is 3. The molecule has 2 aromatic rings. The van der Waals surface area contributed by atoms with Crippen LogP contribution in [0.15, 0.2) is 23.1 Å². The van der Waals surface area contributed by atoms with Crippen LogP contribution in [0.1, 0.15) is 18.9 Å². The fourth-order valence-corrected chi connectivity index (χ4v) is 2.27. The number of carbonyl (C=O) groups is 1. The zero-order valence-corrected chi connectivity index (χ0v) is 10.5. The molecule has 1 aliphatic carbocycles. The van der Waals surface area contributed by atoms with Crippen molar-refractivity contribution >= 4 is 29.0 Å². The third-order valence-electron chi connectivity index (χ3n) is 3.16. The summed E-state index contributed by atoms with van der Waals surface area (Å²) >= 11 is 5.76. The van der Waals surface area contributed by atoms with E-state index >= 15 is 0 Å². The summed E-state index contributed by atoms with van der Waals surface area (Å²) in [6.07, 6.45) is 3.41. The highest BCUT2D eigenvalue weighted by atomic mass is 35.5. The summed E-state index contributed by atoms with van der Waals surface area (Å²) in [6, 6.07) is 2.74. The van der Waals surface area contributed by atoms with Crippen LogP contribution in [0.5, 0.6) is 5.75 Å². The number of carbonyl (C=O) groups excluding carboxylic acids is 1.